The Kier molecular flexibility index (Phi) is 3.09. The van der Waals surface area contributed by atoms with Crippen LogP contribution in [0.3, 0.4) is 0 Å². The van der Waals surface area contributed by atoms with Crippen LogP contribution in [-0.2, 0) is 9.53 Å². The summed E-state index contributed by atoms with van der Waals surface area (Å²) in [6.07, 6.45) is 3.04. The Bertz CT molecular complexity index is 159. The molecule has 12 heavy (non-hydrogen) atoms. The van der Waals surface area contributed by atoms with Crippen LogP contribution in [0.15, 0.2) is 0 Å². The standard InChI is InChI=1S/C9H16O3/c1-2-9(7-8(10)11)3-5-12-6-4-9/h2-7H2,1H3,(H,10,11). The minimum Gasteiger partial charge on any atom is -0.481 e. The first-order chi connectivity index (χ1) is 5.68. The van der Waals surface area contributed by atoms with Gasteiger partial charge in [-0.25, -0.2) is 0 Å². The van der Waals surface area contributed by atoms with Gasteiger partial charge in [-0.05, 0) is 24.7 Å². The molecule has 0 radical (unpaired) electrons. The molecule has 70 valence electrons. The SMILES string of the molecule is CCC1(CC(=O)O)CCOCC1. The van der Waals surface area contributed by atoms with Crippen molar-refractivity contribution in [2.75, 3.05) is 13.2 Å². The lowest BCUT2D eigenvalue weighted by molar-refractivity contribution is -0.141. The number of aliphatic carboxylic acids is 1. The molecule has 0 atom stereocenters. The lowest BCUT2D eigenvalue weighted by Gasteiger charge is -2.34. The van der Waals surface area contributed by atoms with E-state index in [1.54, 1.807) is 0 Å². The van der Waals surface area contributed by atoms with E-state index in [-0.39, 0.29) is 5.41 Å². The van der Waals surface area contributed by atoms with E-state index in [9.17, 15) is 4.79 Å². The zero-order valence-electron chi connectivity index (χ0n) is 7.51. The Labute approximate surface area is 72.7 Å². The van der Waals surface area contributed by atoms with Crippen LogP contribution in [0.4, 0.5) is 0 Å². The molecular formula is C9H16O3. The predicted octanol–water partition coefficient (Wildman–Crippen LogP) is 1.67. The van der Waals surface area contributed by atoms with Gasteiger partial charge in [-0.15, -0.1) is 0 Å². The Hall–Kier alpha value is -0.570. The summed E-state index contributed by atoms with van der Waals surface area (Å²) in [6.45, 7) is 3.51. The molecule has 1 aliphatic rings. The summed E-state index contributed by atoms with van der Waals surface area (Å²) in [5.41, 5.74) is 0.0179. The van der Waals surface area contributed by atoms with Crippen LogP contribution in [-0.4, -0.2) is 24.3 Å². The van der Waals surface area contributed by atoms with Crippen molar-refractivity contribution in [3.8, 4) is 0 Å². The minimum atomic E-state index is -0.682. The van der Waals surface area contributed by atoms with Gasteiger partial charge in [0.15, 0.2) is 0 Å². The largest absolute Gasteiger partial charge is 0.481 e. The topological polar surface area (TPSA) is 46.5 Å². The summed E-state index contributed by atoms with van der Waals surface area (Å²) < 4.78 is 5.22. The van der Waals surface area contributed by atoms with Gasteiger partial charge in [0.1, 0.15) is 0 Å². The first-order valence-corrected chi connectivity index (χ1v) is 4.48. The highest BCUT2D eigenvalue weighted by Crippen LogP contribution is 2.37. The molecule has 0 spiro atoms. The van der Waals surface area contributed by atoms with Gasteiger partial charge in [0.2, 0.25) is 0 Å². The van der Waals surface area contributed by atoms with E-state index in [1.807, 2.05) is 0 Å². The van der Waals surface area contributed by atoms with E-state index in [2.05, 4.69) is 6.92 Å². The number of hydrogen-bond acceptors (Lipinski definition) is 2. The van der Waals surface area contributed by atoms with Gasteiger partial charge in [-0.3, -0.25) is 4.79 Å². The average Bonchev–Trinajstić information content (AvgIpc) is 2.05. The van der Waals surface area contributed by atoms with Gasteiger partial charge in [0, 0.05) is 13.2 Å². The molecule has 3 nitrogen and oxygen atoms in total. The summed E-state index contributed by atoms with van der Waals surface area (Å²) in [4.78, 5) is 10.6. The fourth-order valence-electron chi connectivity index (χ4n) is 1.78. The summed E-state index contributed by atoms with van der Waals surface area (Å²) in [5, 5.41) is 8.72. The van der Waals surface area contributed by atoms with Crippen LogP contribution in [0.1, 0.15) is 32.6 Å². The summed E-state index contributed by atoms with van der Waals surface area (Å²) in [5.74, 6) is -0.682. The number of carboxylic acids is 1. The molecular weight excluding hydrogens is 156 g/mol. The monoisotopic (exact) mass is 172 g/mol. The maximum Gasteiger partial charge on any atom is 0.303 e. The van der Waals surface area contributed by atoms with Crippen LogP contribution < -0.4 is 0 Å². The third-order valence-corrected chi connectivity index (χ3v) is 2.83. The smallest absolute Gasteiger partial charge is 0.303 e. The predicted molar refractivity (Wildman–Crippen MR) is 45.0 cm³/mol. The fourth-order valence-corrected chi connectivity index (χ4v) is 1.78. The quantitative estimate of drug-likeness (QED) is 0.704. The molecule has 0 amide bonds. The van der Waals surface area contributed by atoms with E-state index in [1.165, 1.54) is 0 Å². The third-order valence-electron chi connectivity index (χ3n) is 2.83. The molecule has 1 rings (SSSR count). The highest BCUT2D eigenvalue weighted by molar-refractivity contribution is 5.67. The highest BCUT2D eigenvalue weighted by Gasteiger charge is 2.32. The lowest BCUT2D eigenvalue weighted by Crippen LogP contribution is -2.31. The molecule has 0 aromatic carbocycles. The lowest BCUT2D eigenvalue weighted by atomic mass is 9.75. The second-order valence-corrected chi connectivity index (χ2v) is 3.54. The van der Waals surface area contributed by atoms with Gasteiger partial charge < -0.3 is 9.84 Å². The first-order valence-electron chi connectivity index (χ1n) is 4.48. The Morgan fingerprint density at radius 2 is 2.08 bits per heavy atom. The number of hydrogen-bond donors (Lipinski definition) is 1. The van der Waals surface area contributed by atoms with Gasteiger partial charge in [-0.2, -0.15) is 0 Å². The fraction of sp³-hybridized carbons (Fsp3) is 0.889. The molecule has 1 heterocycles. The Morgan fingerprint density at radius 3 is 2.50 bits per heavy atom. The second kappa shape index (κ2) is 3.90. The van der Waals surface area contributed by atoms with E-state index in [0.29, 0.717) is 6.42 Å². The maximum absolute atomic E-state index is 10.6. The minimum absolute atomic E-state index is 0.0179. The molecule has 0 aliphatic carbocycles. The molecule has 1 fully saturated rings. The summed E-state index contributed by atoms with van der Waals surface area (Å²) in [6, 6.07) is 0. The Balaban J connectivity index is 2.53. The van der Waals surface area contributed by atoms with Crippen molar-refractivity contribution in [2.45, 2.75) is 32.6 Å². The molecule has 3 heteroatoms. The highest BCUT2D eigenvalue weighted by atomic mass is 16.5. The second-order valence-electron chi connectivity index (χ2n) is 3.54. The molecule has 1 aliphatic heterocycles. The number of carbonyl (C=O) groups is 1. The average molecular weight is 172 g/mol. The van der Waals surface area contributed by atoms with Crippen molar-refractivity contribution in [3.05, 3.63) is 0 Å². The molecule has 1 N–H and O–H groups in total. The van der Waals surface area contributed by atoms with Crippen LogP contribution in [0.25, 0.3) is 0 Å². The zero-order valence-corrected chi connectivity index (χ0v) is 7.51. The zero-order chi connectivity index (χ0) is 9.03. The van der Waals surface area contributed by atoms with Crippen molar-refractivity contribution < 1.29 is 14.6 Å². The van der Waals surface area contributed by atoms with Crippen LogP contribution >= 0.6 is 0 Å². The van der Waals surface area contributed by atoms with Gasteiger partial charge in [0.05, 0.1) is 6.42 Å². The number of carboxylic acid groups (broad SMARTS) is 1. The van der Waals surface area contributed by atoms with Crippen molar-refractivity contribution in [3.63, 3.8) is 0 Å². The van der Waals surface area contributed by atoms with E-state index in [0.717, 1.165) is 32.5 Å². The molecule has 0 unspecified atom stereocenters. The van der Waals surface area contributed by atoms with Crippen molar-refractivity contribution in [1.82, 2.24) is 0 Å². The van der Waals surface area contributed by atoms with Crippen LogP contribution in [0.2, 0.25) is 0 Å². The van der Waals surface area contributed by atoms with E-state index < -0.39 is 5.97 Å². The van der Waals surface area contributed by atoms with Crippen molar-refractivity contribution in [2.24, 2.45) is 5.41 Å². The molecule has 1 saturated heterocycles. The normalized spacial score (nSPS) is 22.1. The molecule has 0 aromatic heterocycles. The van der Waals surface area contributed by atoms with Gasteiger partial charge >= 0.3 is 5.97 Å². The van der Waals surface area contributed by atoms with Crippen LogP contribution in [0, 0.1) is 5.41 Å². The van der Waals surface area contributed by atoms with Crippen molar-refractivity contribution >= 4 is 5.97 Å². The Morgan fingerprint density at radius 1 is 1.50 bits per heavy atom. The summed E-state index contributed by atoms with van der Waals surface area (Å²) >= 11 is 0. The number of ether oxygens (including phenoxy) is 1. The molecule has 0 saturated carbocycles. The third kappa shape index (κ3) is 2.21. The molecule has 0 aromatic rings. The summed E-state index contributed by atoms with van der Waals surface area (Å²) in [7, 11) is 0. The van der Waals surface area contributed by atoms with E-state index in [4.69, 9.17) is 9.84 Å². The first kappa shape index (κ1) is 9.52. The number of rotatable bonds is 3. The van der Waals surface area contributed by atoms with Gasteiger partial charge in [-0.1, -0.05) is 6.92 Å². The van der Waals surface area contributed by atoms with Crippen molar-refractivity contribution in [1.29, 1.82) is 0 Å². The maximum atomic E-state index is 10.6. The van der Waals surface area contributed by atoms with Crippen LogP contribution in [0.5, 0.6) is 0 Å². The van der Waals surface area contributed by atoms with Gasteiger partial charge in [0.25, 0.3) is 0 Å². The van der Waals surface area contributed by atoms with E-state index >= 15 is 0 Å². The molecule has 0 bridgehead atoms.